The first kappa shape index (κ1) is 38.7. The molecule has 282 valence electrons. The van der Waals surface area contributed by atoms with Crippen molar-refractivity contribution in [3.05, 3.63) is 51.6 Å². The van der Waals surface area contributed by atoms with Gasteiger partial charge >= 0.3 is 12.1 Å². The van der Waals surface area contributed by atoms with E-state index in [0.717, 1.165) is 13.0 Å². The van der Waals surface area contributed by atoms with Crippen LogP contribution in [0.1, 0.15) is 75.8 Å². The summed E-state index contributed by atoms with van der Waals surface area (Å²) in [5.74, 6) is -7.81. The number of Topliss-reactive ketones (excluding diaryl/α,β-unsaturated/α-hetero) is 2. The van der Waals surface area contributed by atoms with Gasteiger partial charge in [-0.15, -0.1) is 0 Å². The van der Waals surface area contributed by atoms with Crippen LogP contribution in [0.2, 0.25) is 0 Å². The first-order chi connectivity index (χ1) is 24.4. The maximum Gasteiger partial charge on any atom is 0.471 e. The quantitative estimate of drug-likeness (QED) is 0.0656. The molecule has 1 heterocycles. The van der Waals surface area contributed by atoms with E-state index in [1.807, 2.05) is 5.48 Å². The summed E-state index contributed by atoms with van der Waals surface area (Å²) in [5.41, 5.74) is 2.12. The Balaban J connectivity index is 1.55. The molecule has 1 saturated heterocycles. The molecule has 5 rings (SSSR count). The fraction of sp³-hybridized carbons (Fsp3) is 0.485. The molecule has 16 nitrogen and oxygen atoms in total. The highest BCUT2D eigenvalue weighted by Gasteiger charge is 2.50. The first-order valence-electron chi connectivity index (χ1n) is 16.0. The van der Waals surface area contributed by atoms with E-state index in [-0.39, 0.29) is 47.8 Å². The van der Waals surface area contributed by atoms with Crippen LogP contribution in [-0.2, 0) is 35.0 Å². The topological polar surface area (TPSA) is 244 Å². The summed E-state index contributed by atoms with van der Waals surface area (Å²) >= 11 is 0. The number of nitrogens with two attached hydrogens (primary N) is 1. The lowest BCUT2D eigenvalue weighted by molar-refractivity contribution is -0.226. The molecule has 2 aromatic rings. The second-order valence-electron chi connectivity index (χ2n) is 12.5. The zero-order chi connectivity index (χ0) is 38.3. The lowest BCUT2D eigenvalue weighted by Crippen LogP contribution is -2.51. The molecule has 5 atom stereocenters. The van der Waals surface area contributed by atoms with Gasteiger partial charge in [0.25, 0.3) is 0 Å². The Hall–Kier alpha value is -4.50. The number of carbonyl (C=O) groups excluding carboxylic acids is 5. The average molecular weight is 740 g/mol. The number of aromatic hydroxyl groups is 2. The Kier molecular flexibility index (Phi) is 11.1. The van der Waals surface area contributed by atoms with Crippen LogP contribution in [0.15, 0.2) is 18.2 Å². The lowest BCUT2D eigenvalue weighted by atomic mass is 9.72. The standard InChI is InChI=1S/C33H36F3N3O13/c1-14-26(41)18(38-48)10-21(51-14)52-20-12-32(47,15(2)40)11-17-23(20)30(45)25-24(28(17)43)27(42)16-4-3-5-19(22(16)29(25)44)50-13-39(7-9-49-8-6-37)31(46)33(34,35)36/h3-5,14,18,20-21,38,43,45,47-48H,6-13,37H2,1-2H3/t14?,18?,20-,21?,32-/m0/s1. The van der Waals surface area contributed by atoms with Gasteiger partial charge in [0.1, 0.15) is 29.0 Å². The van der Waals surface area contributed by atoms with Crippen LogP contribution in [-0.4, -0.2) is 118 Å². The number of carbonyl (C=O) groups is 5. The summed E-state index contributed by atoms with van der Waals surface area (Å²) in [7, 11) is 0. The van der Waals surface area contributed by atoms with Crippen molar-refractivity contribution in [1.29, 1.82) is 0 Å². The van der Waals surface area contributed by atoms with Crippen LogP contribution in [0.25, 0.3) is 0 Å². The van der Waals surface area contributed by atoms with E-state index in [1.165, 1.54) is 19.1 Å². The van der Waals surface area contributed by atoms with Gasteiger partial charge in [0.2, 0.25) is 5.78 Å². The molecule has 0 bridgehead atoms. The maximum atomic E-state index is 14.2. The smallest absolute Gasteiger partial charge is 0.471 e. The van der Waals surface area contributed by atoms with Gasteiger partial charge in [-0.25, -0.2) is 0 Å². The predicted octanol–water partition coefficient (Wildman–Crippen LogP) is 0.951. The van der Waals surface area contributed by atoms with Crippen molar-refractivity contribution in [1.82, 2.24) is 10.4 Å². The molecule has 3 unspecified atom stereocenters. The number of rotatable bonds is 12. The second kappa shape index (κ2) is 14.9. The summed E-state index contributed by atoms with van der Waals surface area (Å²) < 4.78 is 62.4. The van der Waals surface area contributed by atoms with Crippen LogP contribution in [0, 0.1) is 0 Å². The molecule has 0 radical (unpaired) electrons. The van der Waals surface area contributed by atoms with E-state index in [0.29, 0.717) is 0 Å². The number of phenolic OH excluding ortho intramolecular Hbond substituents is 2. The van der Waals surface area contributed by atoms with E-state index >= 15 is 0 Å². The third-order valence-corrected chi connectivity index (χ3v) is 9.18. The largest absolute Gasteiger partial charge is 0.507 e. The molecule has 7 N–H and O–H groups in total. The van der Waals surface area contributed by atoms with Crippen LogP contribution in [0.3, 0.4) is 0 Å². The van der Waals surface area contributed by atoms with Crippen molar-refractivity contribution in [2.75, 3.05) is 33.0 Å². The third kappa shape index (κ3) is 7.12. The van der Waals surface area contributed by atoms with Gasteiger partial charge in [-0.3, -0.25) is 28.9 Å². The number of hydroxylamine groups is 1. The Morgan fingerprint density at radius 3 is 2.42 bits per heavy atom. The number of benzene rings is 2. The minimum absolute atomic E-state index is 0.00393. The monoisotopic (exact) mass is 739 g/mol. The Morgan fingerprint density at radius 1 is 1.10 bits per heavy atom. The summed E-state index contributed by atoms with van der Waals surface area (Å²) in [6.07, 6.45) is -10.6. The van der Waals surface area contributed by atoms with E-state index in [1.54, 1.807) is 0 Å². The molecule has 2 aromatic carbocycles. The normalized spacial score (nSPS) is 24.2. The van der Waals surface area contributed by atoms with Crippen molar-refractivity contribution in [3.63, 3.8) is 0 Å². The number of nitrogens with zero attached hydrogens (tertiary/aromatic N) is 1. The summed E-state index contributed by atoms with van der Waals surface area (Å²) in [5, 5.41) is 44.1. The number of fused-ring (bicyclic) bond motifs is 3. The van der Waals surface area contributed by atoms with Crippen LogP contribution >= 0.6 is 0 Å². The van der Waals surface area contributed by atoms with Gasteiger partial charge in [-0.05, 0) is 19.9 Å². The molecule has 1 amide bonds. The minimum Gasteiger partial charge on any atom is -0.507 e. The molecule has 0 spiro atoms. The maximum absolute atomic E-state index is 14.2. The number of nitrogens with one attached hydrogen (secondary N) is 1. The summed E-state index contributed by atoms with van der Waals surface area (Å²) in [4.78, 5) is 65.5. The van der Waals surface area contributed by atoms with Crippen LogP contribution in [0.4, 0.5) is 13.2 Å². The van der Waals surface area contributed by atoms with Crippen molar-refractivity contribution < 1.29 is 76.6 Å². The first-order valence-corrected chi connectivity index (χ1v) is 16.0. The molecule has 0 saturated carbocycles. The van der Waals surface area contributed by atoms with E-state index in [9.17, 15) is 57.7 Å². The highest BCUT2D eigenvalue weighted by atomic mass is 19.4. The zero-order valence-electron chi connectivity index (χ0n) is 27.8. The van der Waals surface area contributed by atoms with Crippen LogP contribution in [0.5, 0.6) is 17.2 Å². The Bertz CT molecular complexity index is 1800. The van der Waals surface area contributed by atoms with Gasteiger partial charge in [-0.2, -0.15) is 18.7 Å². The van der Waals surface area contributed by atoms with Crippen LogP contribution < -0.4 is 16.0 Å². The van der Waals surface area contributed by atoms with Gasteiger partial charge < -0.3 is 45.2 Å². The number of halogens is 3. The van der Waals surface area contributed by atoms with Crippen molar-refractivity contribution in [3.8, 4) is 17.2 Å². The van der Waals surface area contributed by atoms with Gasteiger partial charge in [0, 0.05) is 49.0 Å². The molecular weight excluding hydrogens is 703 g/mol. The molecule has 19 heteroatoms. The minimum atomic E-state index is -5.29. The van der Waals surface area contributed by atoms with Gasteiger partial charge in [0.15, 0.2) is 30.4 Å². The Labute approximate surface area is 293 Å². The number of amides is 1. The highest BCUT2D eigenvalue weighted by molar-refractivity contribution is 6.31. The van der Waals surface area contributed by atoms with E-state index in [4.69, 9.17) is 24.7 Å². The average Bonchev–Trinajstić information content (AvgIpc) is 3.08. The number of ether oxygens (including phenoxy) is 4. The SMILES string of the molecule is CC(=O)[C@]1(O)Cc2c(O)c3c(c(O)c2[C@@H](OC2CC(NO)C(=O)C(C)O2)C1)C(=O)c1c(OCN(CCOCCN)C(=O)C(F)(F)F)cccc1C3=O. The Morgan fingerprint density at radius 2 is 1.79 bits per heavy atom. The number of hydrogen-bond donors (Lipinski definition) is 6. The molecule has 1 fully saturated rings. The van der Waals surface area contributed by atoms with Gasteiger partial charge in [-0.1, -0.05) is 12.1 Å². The number of ketones is 4. The van der Waals surface area contributed by atoms with Crippen molar-refractivity contribution in [2.24, 2.45) is 5.73 Å². The second-order valence-corrected chi connectivity index (χ2v) is 12.5. The fourth-order valence-electron chi connectivity index (χ4n) is 6.49. The number of aliphatic hydroxyl groups is 1. The zero-order valence-corrected chi connectivity index (χ0v) is 27.8. The van der Waals surface area contributed by atoms with E-state index < -0.39 is 125 Å². The van der Waals surface area contributed by atoms with Crippen molar-refractivity contribution >= 4 is 29.0 Å². The lowest BCUT2D eigenvalue weighted by Gasteiger charge is -2.41. The molecule has 52 heavy (non-hydrogen) atoms. The number of phenols is 2. The van der Waals surface area contributed by atoms with Gasteiger partial charge in [0.05, 0.1) is 42.0 Å². The molecule has 1 aliphatic heterocycles. The summed E-state index contributed by atoms with van der Waals surface area (Å²) in [6, 6.07) is 2.43. The molecule has 3 aliphatic rings. The molecule has 2 aliphatic carbocycles. The van der Waals surface area contributed by atoms with Crippen molar-refractivity contribution in [2.45, 2.75) is 69.4 Å². The van der Waals surface area contributed by atoms with E-state index in [2.05, 4.69) is 0 Å². The fourth-order valence-corrected chi connectivity index (χ4v) is 6.49. The highest BCUT2D eigenvalue weighted by Crippen LogP contribution is 2.52. The molecular formula is C33H36F3N3O13. The third-order valence-electron chi connectivity index (χ3n) is 9.18. The summed E-state index contributed by atoms with van der Waals surface area (Å²) in [6.45, 7) is 0.584. The predicted molar refractivity (Wildman–Crippen MR) is 167 cm³/mol. The number of hydrogen-bond acceptors (Lipinski definition) is 15. The molecule has 0 aromatic heterocycles. The number of alkyl halides is 3.